The Kier molecular flexibility index (Phi) is 6.29. The van der Waals surface area contributed by atoms with Gasteiger partial charge in [-0.1, -0.05) is 11.6 Å². The molecule has 0 aliphatic heterocycles. The Morgan fingerprint density at radius 1 is 1.21 bits per heavy atom. The van der Waals surface area contributed by atoms with Crippen molar-refractivity contribution in [3.63, 3.8) is 0 Å². The van der Waals surface area contributed by atoms with Crippen molar-refractivity contribution in [1.29, 1.82) is 0 Å². The van der Waals surface area contributed by atoms with E-state index in [-0.39, 0.29) is 16.8 Å². The van der Waals surface area contributed by atoms with Crippen molar-refractivity contribution in [2.24, 2.45) is 0 Å². The minimum atomic E-state index is -2.88. The molecule has 2 heterocycles. The summed E-state index contributed by atoms with van der Waals surface area (Å²) in [5.74, 6) is 0.263. The zero-order valence-corrected chi connectivity index (χ0v) is 17.3. The minimum Gasteiger partial charge on any atom is -0.435 e. The third-order valence-electron chi connectivity index (χ3n) is 3.87. The molecule has 10 heteroatoms. The van der Waals surface area contributed by atoms with Crippen LogP contribution in [0.1, 0.15) is 15.2 Å². The summed E-state index contributed by atoms with van der Waals surface area (Å²) >= 11 is 7.32. The number of hydrogen-bond acceptors (Lipinski definition) is 6. The molecule has 29 heavy (non-hydrogen) atoms. The summed E-state index contributed by atoms with van der Waals surface area (Å²) in [6, 6.07) is 9.27. The fourth-order valence-electron chi connectivity index (χ4n) is 2.52. The molecule has 0 aliphatic carbocycles. The quantitative estimate of drug-likeness (QED) is 0.543. The number of nitrogens with zero attached hydrogens (tertiary/aromatic N) is 3. The van der Waals surface area contributed by atoms with Crippen LogP contribution in [-0.4, -0.2) is 36.6 Å². The number of aryl methyl sites for hydroxylation is 1. The Balaban J connectivity index is 1.79. The molecular formula is C19H17ClF2N4O2S. The lowest BCUT2D eigenvalue weighted by molar-refractivity contribution is -0.0498. The third kappa shape index (κ3) is 5.18. The molecule has 0 radical (unpaired) electrons. The smallest absolute Gasteiger partial charge is 0.387 e. The number of carbonyl (C=O) groups is 1. The Labute approximate surface area is 175 Å². The molecule has 2 aromatic heterocycles. The number of anilines is 2. The maximum absolute atomic E-state index is 12.6. The summed E-state index contributed by atoms with van der Waals surface area (Å²) in [6.45, 7) is -1.02. The van der Waals surface area contributed by atoms with Crippen LogP contribution in [0.5, 0.6) is 5.75 Å². The van der Waals surface area contributed by atoms with Gasteiger partial charge in [-0.05, 0) is 43.3 Å². The number of alkyl halides is 2. The SMILES string of the molecule is Cc1sc(NC(=O)c2cc(Cl)nc(N(C)C)c2)nc1-c1ccc(OC(F)F)cc1. The predicted molar refractivity (Wildman–Crippen MR) is 110 cm³/mol. The van der Waals surface area contributed by atoms with Crippen LogP contribution >= 0.6 is 22.9 Å². The van der Waals surface area contributed by atoms with Crippen molar-refractivity contribution in [2.45, 2.75) is 13.5 Å². The summed E-state index contributed by atoms with van der Waals surface area (Å²) in [4.78, 5) is 23.8. The Morgan fingerprint density at radius 3 is 2.52 bits per heavy atom. The second kappa shape index (κ2) is 8.71. The van der Waals surface area contributed by atoms with E-state index in [0.717, 1.165) is 10.4 Å². The predicted octanol–water partition coefficient (Wildman–Crippen LogP) is 5.09. The van der Waals surface area contributed by atoms with Gasteiger partial charge in [0.15, 0.2) is 5.13 Å². The van der Waals surface area contributed by atoms with Crippen LogP contribution in [0.2, 0.25) is 5.15 Å². The molecular weight excluding hydrogens is 422 g/mol. The molecule has 152 valence electrons. The van der Waals surface area contributed by atoms with Crippen LogP contribution in [0.3, 0.4) is 0 Å². The van der Waals surface area contributed by atoms with Crippen molar-refractivity contribution < 1.29 is 18.3 Å². The van der Waals surface area contributed by atoms with Crippen LogP contribution in [0, 0.1) is 6.92 Å². The molecule has 0 bridgehead atoms. The molecule has 1 amide bonds. The van der Waals surface area contributed by atoms with Gasteiger partial charge in [-0.3, -0.25) is 10.1 Å². The summed E-state index contributed by atoms with van der Waals surface area (Å²) in [5, 5.41) is 3.38. The van der Waals surface area contributed by atoms with E-state index >= 15 is 0 Å². The van der Waals surface area contributed by atoms with Crippen molar-refractivity contribution in [2.75, 3.05) is 24.3 Å². The van der Waals surface area contributed by atoms with Gasteiger partial charge in [0.2, 0.25) is 0 Å². The fraction of sp³-hybridized carbons (Fsp3) is 0.211. The Hall–Kier alpha value is -2.78. The minimum absolute atomic E-state index is 0.0661. The first-order chi connectivity index (χ1) is 13.7. The Bertz CT molecular complexity index is 1030. The highest BCUT2D eigenvalue weighted by molar-refractivity contribution is 7.16. The van der Waals surface area contributed by atoms with Gasteiger partial charge in [-0.25, -0.2) is 9.97 Å². The van der Waals surface area contributed by atoms with E-state index in [9.17, 15) is 13.6 Å². The number of thiazole rings is 1. The first kappa shape index (κ1) is 20.9. The van der Waals surface area contributed by atoms with E-state index < -0.39 is 6.61 Å². The fourth-order valence-corrected chi connectivity index (χ4v) is 3.56. The van der Waals surface area contributed by atoms with E-state index in [2.05, 4.69) is 20.0 Å². The highest BCUT2D eigenvalue weighted by atomic mass is 35.5. The molecule has 1 aromatic carbocycles. The number of rotatable bonds is 6. The molecule has 0 saturated carbocycles. The highest BCUT2D eigenvalue weighted by Gasteiger charge is 2.15. The molecule has 3 aromatic rings. The summed E-state index contributed by atoms with van der Waals surface area (Å²) in [6.07, 6.45) is 0. The second-order valence-electron chi connectivity index (χ2n) is 6.21. The van der Waals surface area contributed by atoms with Crippen LogP contribution in [0.4, 0.5) is 19.7 Å². The molecule has 0 aliphatic rings. The molecule has 3 rings (SSSR count). The zero-order chi connectivity index (χ0) is 21.1. The summed E-state index contributed by atoms with van der Waals surface area (Å²) < 4.78 is 28.9. The molecule has 6 nitrogen and oxygen atoms in total. The van der Waals surface area contributed by atoms with E-state index in [4.69, 9.17) is 11.6 Å². The first-order valence-corrected chi connectivity index (χ1v) is 9.61. The monoisotopic (exact) mass is 438 g/mol. The van der Waals surface area contributed by atoms with E-state index in [1.165, 1.54) is 29.5 Å². The molecule has 0 fully saturated rings. The zero-order valence-electron chi connectivity index (χ0n) is 15.7. The normalized spacial score (nSPS) is 10.9. The lowest BCUT2D eigenvalue weighted by Crippen LogP contribution is -2.15. The second-order valence-corrected chi connectivity index (χ2v) is 7.80. The molecule has 0 atom stereocenters. The number of pyridine rings is 1. The highest BCUT2D eigenvalue weighted by Crippen LogP contribution is 2.32. The van der Waals surface area contributed by atoms with E-state index in [0.29, 0.717) is 22.2 Å². The summed E-state index contributed by atoms with van der Waals surface area (Å²) in [5.41, 5.74) is 1.73. The van der Waals surface area contributed by atoms with Crippen molar-refractivity contribution >= 4 is 39.8 Å². The number of carbonyl (C=O) groups excluding carboxylic acids is 1. The first-order valence-electron chi connectivity index (χ1n) is 8.42. The van der Waals surface area contributed by atoms with Gasteiger partial charge in [0.05, 0.1) is 5.69 Å². The maximum Gasteiger partial charge on any atom is 0.387 e. The van der Waals surface area contributed by atoms with Gasteiger partial charge in [0.25, 0.3) is 5.91 Å². The average molecular weight is 439 g/mol. The average Bonchev–Trinajstić information content (AvgIpc) is 3.01. The van der Waals surface area contributed by atoms with Crippen LogP contribution in [0.25, 0.3) is 11.3 Å². The Morgan fingerprint density at radius 2 is 1.90 bits per heavy atom. The molecule has 0 saturated heterocycles. The number of nitrogens with one attached hydrogen (secondary N) is 1. The van der Waals surface area contributed by atoms with Gasteiger partial charge in [-0.2, -0.15) is 8.78 Å². The number of ether oxygens (including phenoxy) is 1. The summed E-state index contributed by atoms with van der Waals surface area (Å²) in [7, 11) is 3.60. The van der Waals surface area contributed by atoms with Crippen LogP contribution in [-0.2, 0) is 0 Å². The van der Waals surface area contributed by atoms with Crippen molar-refractivity contribution in [1.82, 2.24) is 9.97 Å². The molecule has 0 unspecified atom stereocenters. The number of hydrogen-bond donors (Lipinski definition) is 1. The van der Waals surface area contributed by atoms with Gasteiger partial charge in [-0.15, -0.1) is 11.3 Å². The number of amides is 1. The van der Waals surface area contributed by atoms with E-state index in [1.807, 2.05) is 6.92 Å². The molecule has 1 N–H and O–H groups in total. The molecule has 0 spiro atoms. The standard InChI is InChI=1S/C19H17ClF2N4O2S/c1-10-16(11-4-6-13(7-5-11)28-18(21)22)24-19(29-10)25-17(27)12-8-14(20)23-15(9-12)26(2)3/h4-9,18H,1-3H3,(H,24,25,27). The van der Waals surface area contributed by atoms with Crippen molar-refractivity contribution in [3.05, 3.63) is 52.0 Å². The van der Waals surface area contributed by atoms with E-state index in [1.54, 1.807) is 37.2 Å². The lowest BCUT2D eigenvalue weighted by atomic mass is 10.1. The van der Waals surface area contributed by atoms with Gasteiger partial charge in [0, 0.05) is 30.1 Å². The third-order valence-corrected chi connectivity index (χ3v) is 4.95. The number of aromatic nitrogens is 2. The van der Waals surface area contributed by atoms with Gasteiger partial charge in [0.1, 0.15) is 16.7 Å². The van der Waals surface area contributed by atoms with Gasteiger partial charge >= 0.3 is 6.61 Å². The van der Waals surface area contributed by atoms with Crippen LogP contribution in [0.15, 0.2) is 36.4 Å². The maximum atomic E-state index is 12.6. The topological polar surface area (TPSA) is 67.4 Å². The van der Waals surface area contributed by atoms with Crippen LogP contribution < -0.4 is 15.0 Å². The number of halogens is 3. The van der Waals surface area contributed by atoms with Crippen molar-refractivity contribution in [3.8, 4) is 17.0 Å². The largest absolute Gasteiger partial charge is 0.435 e. The van der Waals surface area contributed by atoms with Gasteiger partial charge < -0.3 is 9.64 Å². The number of benzene rings is 1. The lowest BCUT2D eigenvalue weighted by Gasteiger charge is -2.12.